The third-order valence-corrected chi connectivity index (χ3v) is 3.59. The summed E-state index contributed by atoms with van der Waals surface area (Å²) in [5, 5.41) is 0. The van der Waals surface area contributed by atoms with E-state index < -0.39 is 11.7 Å². The van der Waals surface area contributed by atoms with Crippen molar-refractivity contribution in [1.82, 2.24) is 0 Å². The van der Waals surface area contributed by atoms with Crippen molar-refractivity contribution >= 4 is 5.78 Å². The van der Waals surface area contributed by atoms with Crippen molar-refractivity contribution in [2.45, 2.75) is 26.1 Å². The number of allylic oxidation sites excluding steroid dienone is 1. The fourth-order valence-corrected chi connectivity index (χ4v) is 2.21. The fraction of sp³-hybridized carbons (Fsp3) is 0.211. The van der Waals surface area contributed by atoms with Gasteiger partial charge in [-0.3, -0.25) is 4.79 Å². The molecular weight excluding hydrogens is 317 g/mol. The zero-order valence-corrected chi connectivity index (χ0v) is 13.2. The molecule has 0 N–H and O–H groups in total. The van der Waals surface area contributed by atoms with Crippen LogP contribution in [0.2, 0.25) is 0 Å². The summed E-state index contributed by atoms with van der Waals surface area (Å²) >= 11 is 0. The van der Waals surface area contributed by atoms with Gasteiger partial charge in [-0.05, 0) is 30.2 Å². The molecule has 0 heterocycles. The summed E-state index contributed by atoms with van der Waals surface area (Å²) in [5.41, 5.74) is -0.0103. The molecule has 0 aliphatic heterocycles. The van der Waals surface area contributed by atoms with E-state index in [1.54, 1.807) is 24.3 Å². The summed E-state index contributed by atoms with van der Waals surface area (Å²) in [6.45, 7) is 5.23. The van der Waals surface area contributed by atoms with Crippen molar-refractivity contribution < 1.29 is 22.7 Å². The number of hydrogen-bond acceptors (Lipinski definition) is 2. The number of hydrogen-bond donors (Lipinski definition) is 0. The summed E-state index contributed by atoms with van der Waals surface area (Å²) in [5.74, 6) is -0.0220. The zero-order chi connectivity index (χ0) is 17.7. The molecule has 0 saturated heterocycles. The summed E-state index contributed by atoms with van der Waals surface area (Å²) in [7, 11) is 0. The Morgan fingerprint density at radius 1 is 1.08 bits per heavy atom. The average molecular weight is 334 g/mol. The highest BCUT2D eigenvalue weighted by Gasteiger charge is 2.33. The van der Waals surface area contributed by atoms with Crippen LogP contribution in [-0.2, 0) is 12.8 Å². The van der Waals surface area contributed by atoms with Crippen LogP contribution in [0.1, 0.15) is 34.8 Å². The van der Waals surface area contributed by atoms with E-state index in [0.29, 0.717) is 17.6 Å². The van der Waals surface area contributed by atoms with Crippen LogP contribution in [0.25, 0.3) is 0 Å². The first-order valence-electron chi connectivity index (χ1n) is 7.44. The van der Waals surface area contributed by atoms with Crippen LogP contribution in [0.5, 0.6) is 5.75 Å². The van der Waals surface area contributed by atoms with Crippen molar-refractivity contribution in [3.63, 3.8) is 0 Å². The smallest absolute Gasteiger partial charge is 0.416 e. The van der Waals surface area contributed by atoms with E-state index in [0.717, 1.165) is 6.07 Å². The topological polar surface area (TPSA) is 26.3 Å². The van der Waals surface area contributed by atoms with Gasteiger partial charge in [0.2, 0.25) is 0 Å². The van der Waals surface area contributed by atoms with Gasteiger partial charge in [0.1, 0.15) is 12.4 Å². The third-order valence-electron chi connectivity index (χ3n) is 3.59. The van der Waals surface area contributed by atoms with Gasteiger partial charge in [-0.1, -0.05) is 43.8 Å². The van der Waals surface area contributed by atoms with Crippen molar-refractivity contribution in [1.29, 1.82) is 0 Å². The van der Waals surface area contributed by atoms with Crippen molar-refractivity contribution in [3.8, 4) is 5.75 Å². The Morgan fingerprint density at radius 2 is 1.71 bits per heavy atom. The predicted octanol–water partition coefficient (Wildman–Crippen LogP) is 5.43. The molecule has 0 aromatic heterocycles. The molecule has 0 amide bonds. The lowest BCUT2D eigenvalue weighted by Crippen LogP contribution is -2.11. The Kier molecular flexibility index (Phi) is 5.44. The molecule has 5 heteroatoms. The van der Waals surface area contributed by atoms with Crippen molar-refractivity contribution in [2.24, 2.45) is 0 Å². The highest BCUT2D eigenvalue weighted by atomic mass is 19.4. The highest BCUT2D eigenvalue weighted by Crippen LogP contribution is 2.32. The summed E-state index contributed by atoms with van der Waals surface area (Å²) in [6, 6.07) is 11.7. The molecule has 0 fully saturated rings. The summed E-state index contributed by atoms with van der Waals surface area (Å²) < 4.78 is 44.5. The Morgan fingerprint density at radius 3 is 2.38 bits per heavy atom. The van der Waals surface area contributed by atoms with E-state index >= 15 is 0 Å². The van der Waals surface area contributed by atoms with Gasteiger partial charge in [-0.25, -0.2) is 0 Å². The van der Waals surface area contributed by atoms with Crippen molar-refractivity contribution in [2.75, 3.05) is 0 Å². The van der Waals surface area contributed by atoms with Gasteiger partial charge in [0.05, 0.1) is 11.1 Å². The lowest BCUT2D eigenvalue weighted by Gasteiger charge is -2.15. The second-order valence-electron chi connectivity index (χ2n) is 5.23. The Balaban J connectivity index is 2.26. The number of benzene rings is 2. The Labute approximate surface area is 138 Å². The van der Waals surface area contributed by atoms with E-state index in [1.165, 1.54) is 18.2 Å². The molecule has 2 nitrogen and oxygen atoms in total. The highest BCUT2D eigenvalue weighted by molar-refractivity contribution is 6.10. The van der Waals surface area contributed by atoms with Crippen LogP contribution in [0.4, 0.5) is 13.2 Å². The minimum absolute atomic E-state index is 0.0153. The maximum atomic E-state index is 13.0. The molecule has 0 bridgehead atoms. The van der Waals surface area contributed by atoms with Crippen LogP contribution in [0.15, 0.2) is 60.7 Å². The van der Waals surface area contributed by atoms with E-state index in [-0.39, 0.29) is 23.7 Å². The molecule has 2 aromatic rings. The molecular formula is C19H17F3O2. The number of ether oxygens (including phenoxy) is 1. The average Bonchev–Trinajstić information content (AvgIpc) is 2.58. The maximum absolute atomic E-state index is 13.0. The molecule has 0 radical (unpaired) electrons. The van der Waals surface area contributed by atoms with Crippen LogP contribution in [0, 0.1) is 0 Å². The van der Waals surface area contributed by atoms with Gasteiger partial charge in [0, 0.05) is 5.56 Å². The number of alkyl halides is 3. The molecule has 0 saturated carbocycles. The largest absolute Gasteiger partial charge is 0.488 e. The first-order chi connectivity index (χ1) is 11.3. The zero-order valence-electron chi connectivity index (χ0n) is 13.2. The van der Waals surface area contributed by atoms with Gasteiger partial charge in [-0.15, -0.1) is 0 Å². The lowest BCUT2D eigenvalue weighted by atomic mass is 10.0. The van der Waals surface area contributed by atoms with Crippen LogP contribution < -0.4 is 4.74 Å². The lowest BCUT2D eigenvalue weighted by molar-refractivity contribution is -0.138. The molecule has 2 rings (SSSR count). The quantitative estimate of drug-likeness (QED) is 0.520. The second kappa shape index (κ2) is 7.34. The minimum Gasteiger partial charge on any atom is -0.488 e. The monoisotopic (exact) mass is 334 g/mol. The minimum atomic E-state index is -4.45. The van der Waals surface area contributed by atoms with Crippen LogP contribution in [-0.4, -0.2) is 5.78 Å². The van der Waals surface area contributed by atoms with Crippen molar-refractivity contribution in [3.05, 3.63) is 77.4 Å². The van der Waals surface area contributed by atoms with E-state index in [2.05, 4.69) is 6.58 Å². The molecule has 0 unspecified atom stereocenters. The number of carbonyl (C=O) groups is 1. The Hall–Kier alpha value is -2.56. The maximum Gasteiger partial charge on any atom is 0.416 e. The standard InChI is InChI=1S/C19H17F3O2/c1-3-13(2)18(23)15-9-5-7-11-17(15)24-12-14-8-4-6-10-16(14)19(20,21)22/h4-11H,2-3,12H2,1H3. The number of para-hydroxylation sites is 1. The molecule has 0 atom stereocenters. The molecule has 126 valence electrons. The fourth-order valence-electron chi connectivity index (χ4n) is 2.21. The van der Waals surface area contributed by atoms with Crippen LogP contribution >= 0.6 is 0 Å². The van der Waals surface area contributed by atoms with E-state index in [9.17, 15) is 18.0 Å². The number of carbonyl (C=O) groups excluding carboxylic acids is 1. The van der Waals surface area contributed by atoms with E-state index in [4.69, 9.17) is 4.74 Å². The van der Waals surface area contributed by atoms with Gasteiger partial charge < -0.3 is 4.74 Å². The summed E-state index contributed by atoms with van der Waals surface area (Å²) in [6.07, 6.45) is -3.96. The third kappa shape index (κ3) is 4.04. The first-order valence-corrected chi connectivity index (χ1v) is 7.44. The van der Waals surface area contributed by atoms with Crippen LogP contribution in [0.3, 0.4) is 0 Å². The summed E-state index contributed by atoms with van der Waals surface area (Å²) in [4.78, 5) is 12.3. The predicted molar refractivity (Wildman–Crippen MR) is 86.0 cm³/mol. The molecule has 0 aliphatic rings. The van der Waals surface area contributed by atoms with Gasteiger partial charge >= 0.3 is 6.18 Å². The second-order valence-corrected chi connectivity index (χ2v) is 5.23. The van der Waals surface area contributed by atoms with Gasteiger partial charge in [0.25, 0.3) is 0 Å². The number of ketones is 1. The number of Topliss-reactive ketones (excluding diaryl/α,β-unsaturated/α-hetero) is 1. The normalized spacial score (nSPS) is 11.2. The van der Waals surface area contributed by atoms with Gasteiger partial charge in [-0.2, -0.15) is 13.2 Å². The molecule has 0 spiro atoms. The number of rotatable bonds is 6. The molecule has 2 aromatic carbocycles. The Bertz CT molecular complexity index is 748. The van der Waals surface area contributed by atoms with Gasteiger partial charge in [0.15, 0.2) is 5.78 Å². The first kappa shape index (κ1) is 17.8. The number of halogens is 3. The van der Waals surface area contributed by atoms with E-state index in [1.807, 2.05) is 6.92 Å². The molecule has 24 heavy (non-hydrogen) atoms. The molecule has 0 aliphatic carbocycles. The SMILES string of the molecule is C=C(CC)C(=O)c1ccccc1OCc1ccccc1C(F)(F)F.